The first kappa shape index (κ1) is 14.3. The summed E-state index contributed by atoms with van der Waals surface area (Å²) in [6.07, 6.45) is 0.174. The fourth-order valence-corrected chi connectivity index (χ4v) is 1.03. The molecule has 0 aliphatic heterocycles. The smallest absolute Gasteiger partial charge is 0.305 e. The molecule has 0 radical (unpaired) electrons. The van der Waals surface area contributed by atoms with Gasteiger partial charge < -0.3 is 10.2 Å². The molecule has 0 heterocycles. The molecule has 0 amide bonds. The van der Waals surface area contributed by atoms with E-state index >= 15 is 0 Å². The number of hydrogen-bond acceptors (Lipinski definition) is 2. The van der Waals surface area contributed by atoms with E-state index in [-0.39, 0.29) is 12.6 Å². The molecule has 1 N–H and O–H groups in total. The molecule has 0 rings (SSSR count). The van der Waals surface area contributed by atoms with E-state index in [0.717, 1.165) is 0 Å². The summed E-state index contributed by atoms with van der Waals surface area (Å²) in [5.41, 5.74) is 0. The molecule has 1 atom stereocenters. The third-order valence-electron chi connectivity index (χ3n) is 2.17. The molecule has 0 aromatic carbocycles. The van der Waals surface area contributed by atoms with Crippen LogP contribution >= 0.6 is 0 Å². The van der Waals surface area contributed by atoms with E-state index in [1.165, 1.54) is 0 Å². The van der Waals surface area contributed by atoms with Gasteiger partial charge in [-0.15, -0.1) is 6.42 Å². The van der Waals surface area contributed by atoms with Gasteiger partial charge in [0.05, 0.1) is 13.0 Å². The highest BCUT2D eigenvalue weighted by Gasteiger charge is 2.27. The normalized spacial score (nSPS) is 13.9. The first-order valence-electron chi connectivity index (χ1n) is 4.78. The Morgan fingerprint density at radius 1 is 1.47 bits per heavy atom. The van der Waals surface area contributed by atoms with Crippen LogP contribution < -0.4 is 5.32 Å². The summed E-state index contributed by atoms with van der Waals surface area (Å²) in [6.45, 7) is 2.91. The maximum absolute atomic E-state index is 11.9. The second-order valence-corrected chi connectivity index (χ2v) is 3.53. The molecule has 0 fully saturated rings. The topological polar surface area (TPSA) is 15.3 Å². The molecule has 2 nitrogen and oxygen atoms in total. The minimum Gasteiger partial charge on any atom is -0.305 e. The number of nitrogens with zero attached hydrogens (tertiary/aromatic N) is 1. The predicted molar refractivity (Wildman–Crippen MR) is 54.5 cm³/mol. The zero-order chi connectivity index (χ0) is 11.9. The number of rotatable bonds is 6. The highest BCUT2D eigenvalue weighted by Crippen LogP contribution is 2.19. The summed E-state index contributed by atoms with van der Waals surface area (Å²) in [7, 11) is 1.67. The molecule has 0 saturated carbocycles. The molecule has 88 valence electrons. The van der Waals surface area contributed by atoms with Gasteiger partial charge in [-0.3, -0.25) is 0 Å². The van der Waals surface area contributed by atoms with Crippen molar-refractivity contribution >= 4 is 0 Å². The van der Waals surface area contributed by atoms with Crippen molar-refractivity contribution in [1.29, 1.82) is 0 Å². The zero-order valence-electron chi connectivity index (χ0n) is 9.06. The summed E-state index contributed by atoms with van der Waals surface area (Å²) in [5, 5.41) is 2.95. The SMILES string of the molecule is C#CCNCC(C)N(C)CCC(F)(F)F. The molecule has 0 aromatic rings. The third-order valence-corrected chi connectivity index (χ3v) is 2.17. The van der Waals surface area contributed by atoms with Gasteiger partial charge in [-0.05, 0) is 14.0 Å². The Labute approximate surface area is 88.8 Å². The van der Waals surface area contributed by atoms with Crippen molar-refractivity contribution in [3.8, 4) is 12.3 Å². The maximum Gasteiger partial charge on any atom is 0.390 e. The minimum atomic E-state index is -4.08. The van der Waals surface area contributed by atoms with E-state index < -0.39 is 12.6 Å². The Bertz CT molecular complexity index is 208. The maximum atomic E-state index is 11.9. The van der Waals surface area contributed by atoms with Gasteiger partial charge in [0.1, 0.15) is 0 Å². The van der Waals surface area contributed by atoms with Gasteiger partial charge in [0.15, 0.2) is 0 Å². The standard InChI is InChI=1S/C10H17F3N2/c1-4-6-14-8-9(2)15(3)7-5-10(11,12)13/h1,9,14H,5-8H2,2-3H3. The van der Waals surface area contributed by atoms with Crippen LogP contribution in [-0.2, 0) is 0 Å². The summed E-state index contributed by atoms with van der Waals surface area (Å²) in [5.74, 6) is 2.41. The van der Waals surface area contributed by atoms with Crippen molar-refractivity contribution in [3.63, 3.8) is 0 Å². The Morgan fingerprint density at radius 3 is 2.53 bits per heavy atom. The monoisotopic (exact) mass is 222 g/mol. The lowest BCUT2D eigenvalue weighted by Gasteiger charge is -2.25. The molecule has 0 aliphatic carbocycles. The number of halogens is 3. The number of terminal acetylenes is 1. The quantitative estimate of drug-likeness (QED) is 0.541. The minimum absolute atomic E-state index is 0.0163. The van der Waals surface area contributed by atoms with E-state index in [1.54, 1.807) is 11.9 Å². The zero-order valence-corrected chi connectivity index (χ0v) is 9.06. The largest absolute Gasteiger partial charge is 0.390 e. The first-order valence-corrected chi connectivity index (χ1v) is 4.78. The lowest BCUT2D eigenvalue weighted by atomic mass is 10.2. The van der Waals surface area contributed by atoms with Crippen molar-refractivity contribution in [2.75, 3.05) is 26.7 Å². The van der Waals surface area contributed by atoms with Gasteiger partial charge >= 0.3 is 6.18 Å². The second-order valence-electron chi connectivity index (χ2n) is 3.53. The molecule has 0 aliphatic rings. The van der Waals surface area contributed by atoms with Crippen LogP contribution in [0.25, 0.3) is 0 Å². The summed E-state index contributed by atoms with van der Waals surface area (Å²) in [4.78, 5) is 1.66. The number of likely N-dealkylation sites (N-methyl/N-ethyl adjacent to an activating group) is 1. The average molecular weight is 222 g/mol. The molecule has 5 heteroatoms. The van der Waals surface area contributed by atoms with Crippen LogP contribution in [0.4, 0.5) is 13.2 Å². The lowest BCUT2D eigenvalue weighted by molar-refractivity contribution is -0.138. The van der Waals surface area contributed by atoms with E-state index in [2.05, 4.69) is 11.2 Å². The summed E-state index contributed by atoms with van der Waals surface area (Å²) < 4.78 is 35.8. The average Bonchev–Trinajstić information content (AvgIpc) is 2.13. The Morgan fingerprint density at radius 2 is 2.07 bits per heavy atom. The molecule has 15 heavy (non-hydrogen) atoms. The van der Waals surface area contributed by atoms with Crippen LogP contribution in [0, 0.1) is 12.3 Å². The van der Waals surface area contributed by atoms with Crippen molar-refractivity contribution in [1.82, 2.24) is 10.2 Å². The van der Waals surface area contributed by atoms with Gasteiger partial charge in [0.25, 0.3) is 0 Å². The van der Waals surface area contributed by atoms with E-state index in [0.29, 0.717) is 13.1 Å². The Kier molecular flexibility index (Phi) is 6.37. The van der Waals surface area contributed by atoms with Gasteiger partial charge in [-0.2, -0.15) is 13.2 Å². The predicted octanol–water partition coefficient (Wildman–Crippen LogP) is 1.48. The van der Waals surface area contributed by atoms with E-state index in [4.69, 9.17) is 6.42 Å². The summed E-state index contributed by atoms with van der Waals surface area (Å²) >= 11 is 0. The van der Waals surface area contributed by atoms with Crippen molar-refractivity contribution in [2.45, 2.75) is 25.6 Å². The van der Waals surface area contributed by atoms with Crippen molar-refractivity contribution < 1.29 is 13.2 Å². The molecule has 0 spiro atoms. The Hall–Kier alpha value is -0.730. The lowest BCUT2D eigenvalue weighted by Crippen LogP contribution is -2.39. The summed E-state index contributed by atoms with van der Waals surface area (Å²) in [6, 6.07) is 0.0423. The molecule has 0 aromatic heterocycles. The van der Waals surface area contributed by atoms with E-state index in [1.807, 2.05) is 6.92 Å². The molecule has 1 unspecified atom stereocenters. The number of hydrogen-bond donors (Lipinski definition) is 1. The van der Waals surface area contributed by atoms with Gasteiger partial charge in [0.2, 0.25) is 0 Å². The van der Waals surface area contributed by atoms with Crippen molar-refractivity contribution in [3.05, 3.63) is 0 Å². The molecular formula is C10H17F3N2. The second kappa shape index (κ2) is 6.70. The van der Waals surface area contributed by atoms with Crippen LogP contribution in [-0.4, -0.2) is 43.8 Å². The fourth-order valence-electron chi connectivity index (χ4n) is 1.03. The number of alkyl halides is 3. The van der Waals surface area contributed by atoms with Crippen LogP contribution in [0.5, 0.6) is 0 Å². The van der Waals surface area contributed by atoms with Crippen LogP contribution in [0.3, 0.4) is 0 Å². The number of nitrogens with one attached hydrogen (secondary N) is 1. The van der Waals surface area contributed by atoms with Gasteiger partial charge in [-0.25, -0.2) is 0 Å². The highest BCUT2D eigenvalue weighted by molar-refractivity contribution is 4.87. The highest BCUT2D eigenvalue weighted by atomic mass is 19.4. The fraction of sp³-hybridized carbons (Fsp3) is 0.800. The van der Waals surface area contributed by atoms with Gasteiger partial charge in [0, 0.05) is 19.1 Å². The van der Waals surface area contributed by atoms with E-state index in [9.17, 15) is 13.2 Å². The molecule has 0 saturated heterocycles. The molecular weight excluding hydrogens is 205 g/mol. The van der Waals surface area contributed by atoms with Crippen LogP contribution in [0.2, 0.25) is 0 Å². The van der Waals surface area contributed by atoms with Crippen LogP contribution in [0.1, 0.15) is 13.3 Å². The first-order chi connectivity index (χ1) is 6.87. The van der Waals surface area contributed by atoms with Gasteiger partial charge in [-0.1, -0.05) is 5.92 Å². The van der Waals surface area contributed by atoms with Crippen LogP contribution in [0.15, 0.2) is 0 Å². The Balaban J connectivity index is 3.70. The third kappa shape index (κ3) is 8.28. The molecule has 0 bridgehead atoms. The van der Waals surface area contributed by atoms with Crippen molar-refractivity contribution in [2.24, 2.45) is 0 Å².